The van der Waals surface area contributed by atoms with Crippen LogP contribution in [-0.4, -0.2) is 74.4 Å². The molecule has 3 aromatic heterocycles. The topological polar surface area (TPSA) is 197 Å². The van der Waals surface area contributed by atoms with Gasteiger partial charge in [-0.3, -0.25) is 18.8 Å². The smallest absolute Gasteiger partial charge is 0.410 e. The highest BCUT2D eigenvalue weighted by Gasteiger charge is 2.28. The van der Waals surface area contributed by atoms with Crippen molar-refractivity contribution < 1.29 is 28.7 Å². The van der Waals surface area contributed by atoms with E-state index in [9.17, 15) is 19.2 Å². The minimum atomic E-state index is -1.14. The summed E-state index contributed by atoms with van der Waals surface area (Å²) < 4.78 is 13.6. The Morgan fingerprint density at radius 1 is 1.02 bits per heavy atom. The largest absolute Gasteiger partial charge is 0.443 e. The minimum Gasteiger partial charge on any atom is -0.443 e. The maximum atomic E-state index is 12.7. The van der Waals surface area contributed by atoms with Crippen molar-refractivity contribution in [3.8, 4) is 0 Å². The first-order valence-electron chi connectivity index (χ1n) is 13.7. The molecule has 1 atom stereocenters. The molecule has 17 heteroatoms. The molecule has 0 spiro atoms. The van der Waals surface area contributed by atoms with Crippen LogP contribution in [0.2, 0.25) is 0 Å². The highest BCUT2D eigenvalue weighted by molar-refractivity contribution is 9.10. The second kappa shape index (κ2) is 19.5. The van der Waals surface area contributed by atoms with Crippen LogP contribution in [-0.2, 0) is 32.3 Å². The minimum absolute atomic E-state index is 0. The van der Waals surface area contributed by atoms with Gasteiger partial charge in [-0.2, -0.15) is 0 Å². The van der Waals surface area contributed by atoms with E-state index in [2.05, 4.69) is 36.4 Å². The zero-order valence-corrected chi connectivity index (χ0v) is 29.1. The van der Waals surface area contributed by atoms with Gasteiger partial charge in [0.25, 0.3) is 0 Å². The van der Waals surface area contributed by atoms with Gasteiger partial charge in [0.1, 0.15) is 29.5 Å². The number of amides is 3. The number of benzene rings is 1. The summed E-state index contributed by atoms with van der Waals surface area (Å²) >= 11 is 3.13. The molecule has 0 bridgehead atoms. The maximum Gasteiger partial charge on any atom is 0.410 e. The van der Waals surface area contributed by atoms with Crippen molar-refractivity contribution in [1.29, 1.82) is 0 Å². The summed E-state index contributed by atoms with van der Waals surface area (Å²) in [5.74, 6) is -0.674. The molecule has 0 aliphatic carbocycles. The zero-order chi connectivity index (χ0) is 33.0. The lowest BCUT2D eigenvalue weighted by molar-refractivity contribution is -0.126. The Morgan fingerprint density at radius 2 is 1.70 bits per heavy atom. The third-order valence-corrected chi connectivity index (χ3v) is 6.48. The standard InChI is InChI=1S/C24H31N7O5.C6H4BrNO.2ClH/c1-24(2,26)22(33)27-18(15-35-13-16-8-5-4-6-9-16)21-29-28-20-11-7-10-17(31(20)21)14-36-23(34)30(3)12-19(25)32;7-6-3-1-2-5(4-9)8-6;;/h4-11,18H,12-15,26H2,1-3H3,(H2,25,32)(H,27,33);1-4H;2*1H/t18-;;;/m1.../s1. The van der Waals surface area contributed by atoms with Crippen molar-refractivity contribution in [2.75, 3.05) is 20.2 Å². The van der Waals surface area contributed by atoms with Crippen LogP contribution in [0.15, 0.2) is 71.3 Å². The predicted molar refractivity (Wildman–Crippen MR) is 182 cm³/mol. The predicted octanol–water partition coefficient (Wildman–Crippen LogP) is 3.39. The van der Waals surface area contributed by atoms with Crippen LogP contribution in [0.1, 0.15) is 47.5 Å². The Kier molecular flexibility index (Phi) is 17.0. The number of nitrogens with one attached hydrogen (secondary N) is 1. The number of fused-ring (bicyclic) bond motifs is 1. The fourth-order valence-corrected chi connectivity index (χ4v) is 4.15. The number of halogens is 3. The van der Waals surface area contributed by atoms with Crippen LogP contribution < -0.4 is 16.8 Å². The van der Waals surface area contributed by atoms with E-state index in [-0.39, 0.29) is 44.6 Å². The molecule has 0 aliphatic heterocycles. The average molecular weight is 756 g/mol. The summed E-state index contributed by atoms with van der Waals surface area (Å²) in [5, 5.41) is 11.4. The summed E-state index contributed by atoms with van der Waals surface area (Å²) in [7, 11) is 1.40. The Hall–Kier alpha value is -4.15. The lowest BCUT2D eigenvalue weighted by Gasteiger charge is -2.24. The van der Waals surface area contributed by atoms with Gasteiger partial charge >= 0.3 is 6.09 Å². The van der Waals surface area contributed by atoms with Crippen LogP contribution >= 0.6 is 40.7 Å². The molecule has 3 amide bonds. The molecule has 4 rings (SSSR count). The van der Waals surface area contributed by atoms with Gasteiger partial charge in [-0.25, -0.2) is 9.78 Å². The number of rotatable bonds is 12. The maximum absolute atomic E-state index is 12.7. The van der Waals surface area contributed by atoms with Gasteiger partial charge in [-0.1, -0.05) is 42.5 Å². The Labute approximate surface area is 292 Å². The summed E-state index contributed by atoms with van der Waals surface area (Å²) in [6.45, 7) is 3.19. The van der Waals surface area contributed by atoms with Gasteiger partial charge in [0, 0.05) is 7.05 Å². The second-order valence-corrected chi connectivity index (χ2v) is 11.2. The van der Waals surface area contributed by atoms with Gasteiger partial charge in [0.15, 0.2) is 17.8 Å². The molecule has 0 fully saturated rings. The number of aldehydes is 1. The van der Waals surface area contributed by atoms with Crippen LogP contribution in [0, 0.1) is 0 Å². The second-order valence-electron chi connectivity index (χ2n) is 10.4. The highest BCUT2D eigenvalue weighted by Crippen LogP contribution is 2.19. The van der Waals surface area contributed by atoms with Crippen molar-refractivity contribution in [1.82, 2.24) is 29.8 Å². The molecule has 0 radical (unpaired) electrons. The van der Waals surface area contributed by atoms with E-state index < -0.39 is 29.5 Å². The number of carbonyl (C=O) groups is 4. The molecule has 5 N–H and O–H groups in total. The fourth-order valence-electron chi connectivity index (χ4n) is 3.80. The molecule has 4 aromatic rings. The molecule has 0 unspecified atom stereocenters. The van der Waals surface area contributed by atoms with E-state index >= 15 is 0 Å². The van der Waals surface area contributed by atoms with Gasteiger partial charge in [-0.15, -0.1) is 35.0 Å². The third kappa shape index (κ3) is 12.9. The molecule has 0 saturated heterocycles. The van der Waals surface area contributed by atoms with E-state index in [1.165, 1.54) is 7.05 Å². The summed E-state index contributed by atoms with van der Waals surface area (Å²) in [5.41, 5.74) is 12.4. The number of nitrogens with two attached hydrogens (primary N) is 2. The van der Waals surface area contributed by atoms with Crippen molar-refractivity contribution in [3.63, 3.8) is 0 Å². The van der Waals surface area contributed by atoms with E-state index in [1.54, 1.807) is 54.6 Å². The average Bonchev–Trinajstić information content (AvgIpc) is 3.44. The Bertz CT molecular complexity index is 1620. The lowest BCUT2D eigenvalue weighted by Crippen LogP contribution is -2.51. The molecule has 0 aliphatic rings. The molecule has 47 heavy (non-hydrogen) atoms. The van der Waals surface area contributed by atoms with E-state index in [0.29, 0.717) is 40.4 Å². The van der Waals surface area contributed by atoms with Crippen molar-refractivity contribution >= 4 is 70.6 Å². The molecule has 14 nitrogen and oxygen atoms in total. The van der Waals surface area contributed by atoms with Crippen LogP contribution in [0.25, 0.3) is 5.65 Å². The Balaban J connectivity index is 0.000000867. The molecule has 3 heterocycles. The number of primary amides is 1. The quantitative estimate of drug-likeness (QED) is 0.142. The van der Waals surface area contributed by atoms with E-state index in [4.69, 9.17) is 20.9 Å². The number of carbonyl (C=O) groups excluding carboxylic acids is 4. The fraction of sp³-hybridized carbons (Fsp3) is 0.300. The van der Waals surface area contributed by atoms with E-state index in [0.717, 1.165) is 10.5 Å². The number of hydrogen-bond acceptors (Lipinski definition) is 10. The Morgan fingerprint density at radius 3 is 2.30 bits per heavy atom. The molecular weight excluding hydrogens is 719 g/mol. The van der Waals surface area contributed by atoms with Gasteiger partial charge in [0.2, 0.25) is 11.8 Å². The molecule has 1 aromatic carbocycles. The number of hydrogen-bond donors (Lipinski definition) is 3. The molecular formula is C30H37BrCl2N8O6. The monoisotopic (exact) mass is 754 g/mol. The van der Waals surface area contributed by atoms with Crippen molar-refractivity contribution in [2.45, 2.75) is 38.6 Å². The van der Waals surface area contributed by atoms with Gasteiger partial charge in [-0.05, 0) is 59.6 Å². The van der Waals surface area contributed by atoms with E-state index in [1.807, 2.05) is 30.3 Å². The summed E-state index contributed by atoms with van der Waals surface area (Å²) in [4.78, 5) is 51.0. The van der Waals surface area contributed by atoms with Crippen molar-refractivity contribution in [2.24, 2.45) is 11.5 Å². The van der Waals surface area contributed by atoms with Crippen LogP contribution in [0.5, 0.6) is 0 Å². The number of ether oxygens (including phenoxy) is 2. The number of pyridine rings is 2. The molecule has 254 valence electrons. The van der Waals surface area contributed by atoms with Crippen LogP contribution in [0.4, 0.5) is 4.79 Å². The van der Waals surface area contributed by atoms with Crippen molar-refractivity contribution in [3.05, 3.63) is 94.1 Å². The zero-order valence-electron chi connectivity index (χ0n) is 25.9. The summed E-state index contributed by atoms with van der Waals surface area (Å²) in [6.07, 6.45) is -0.00791. The lowest BCUT2D eigenvalue weighted by atomic mass is 10.1. The first kappa shape index (κ1) is 40.9. The van der Waals surface area contributed by atoms with Gasteiger partial charge in [0.05, 0.1) is 24.4 Å². The normalized spacial score (nSPS) is 11.1. The number of nitrogens with zero attached hydrogens (tertiary/aromatic N) is 5. The first-order valence-corrected chi connectivity index (χ1v) is 14.5. The SMILES string of the molecule is CN(CC(N)=O)C(=O)OCc1cccc2nnc([C@@H](COCc3ccccc3)NC(=O)C(C)(C)N)n12.Cl.Cl.O=Cc1cccc(Br)n1. The number of aromatic nitrogens is 4. The third-order valence-electron chi connectivity index (χ3n) is 6.04. The number of likely N-dealkylation sites (N-methyl/N-ethyl adjacent to an activating group) is 1. The van der Waals surface area contributed by atoms with Gasteiger partial charge < -0.3 is 31.2 Å². The summed E-state index contributed by atoms with van der Waals surface area (Å²) in [6, 6.07) is 19.3. The molecule has 0 saturated carbocycles. The highest BCUT2D eigenvalue weighted by atomic mass is 79.9. The first-order chi connectivity index (χ1) is 21.4. The van der Waals surface area contributed by atoms with Crippen LogP contribution in [0.3, 0.4) is 0 Å².